The van der Waals surface area contributed by atoms with Crippen molar-refractivity contribution in [3.63, 3.8) is 0 Å². The van der Waals surface area contributed by atoms with Crippen molar-refractivity contribution in [3.8, 4) is 34.4 Å². The molecular weight excluding hydrogens is 1090 g/mol. The van der Waals surface area contributed by atoms with Crippen LogP contribution < -0.4 is 31.2 Å². The van der Waals surface area contributed by atoms with E-state index >= 15 is 0 Å². The molecule has 8 aromatic rings. The number of pyridine rings is 2. The lowest BCUT2D eigenvalue weighted by molar-refractivity contribution is -0.141. The summed E-state index contributed by atoms with van der Waals surface area (Å²) in [5.41, 5.74) is 2.38. The minimum atomic E-state index is -4.72. The maximum absolute atomic E-state index is 14.2. The van der Waals surface area contributed by atoms with Crippen LogP contribution in [0.15, 0.2) is 93.8 Å². The number of nitrogens with one attached hydrogen (secondary N) is 3. The van der Waals surface area contributed by atoms with Gasteiger partial charge in [-0.25, -0.2) is 37.5 Å². The van der Waals surface area contributed by atoms with E-state index in [4.69, 9.17) is 28.8 Å². The summed E-state index contributed by atoms with van der Waals surface area (Å²) in [6, 6.07) is 13.1. The highest BCUT2D eigenvalue weighted by atomic mass is 19.4. The molecule has 4 heterocycles. The molecule has 428 valence electrons. The summed E-state index contributed by atoms with van der Waals surface area (Å²) in [4.78, 5) is 54.4. The molecule has 0 bridgehead atoms. The Bertz CT molecular complexity index is 3640. The average molecular weight is 1140 g/mol. The number of carbonyl (C=O) groups excluding carboxylic acids is 3. The van der Waals surface area contributed by atoms with Crippen LogP contribution >= 0.6 is 0 Å². The fourth-order valence-corrected chi connectivity index (χ4v) is 7.80. The van der Waals surface area contributed by atoms with Crippen LogP contribution in [-0.4, -0.2) is 75.8 Å². The highest BCUT2D eigenvalue weighted by Gasteiger charge is 2.36. The van der Waals surface area contributed by atoms with Crippen molar-refractivity contribution in [3.05, 3.63) is 154 Å². The number of amides is 3. The van der Waals surface area contributed by atoms with Crippen molar-refractivity contribution in [1.82, 2.24) is 35.9 Å². The molecule has 17 nitrogen and oxygen atoms in total. The van der Waals surface area contributed by atoms with E-state index in [1.54, 1.807) is 20.8 Å². The number of alkyl halides is 6. The van der Waals surface area contributed by atoms with Crippen molar-refractivity contribution in [1.29, 1.82) is 0 Å². The third-order valence-corrected chi connectivity index (χ3v) is 11.7. The van der Waals surface area contributed by atoms with Crippen molar-refractivity contribution in [2.75, 3.05) is 27.4 Å². The van der Waals surface area contributed by atoms with Crippen LogP contribution in [0.25, 0.3) is 44.7 Å². The van der Waals surface area contributed by atoms with Gasteiger partial charge in [-0.1, -0.05) is 12.1 Å². The Balaban J connectivity index is 0.000000237. The van der Waals surface area contributed by atoms with Crippen molar-refractivity contribution >= 4 is 39.5 Å². The number of aliphatic hydroxyl groups is 1. The van der Waals surface area contributed by atoms with Gasteiger partial charge in [0.25, 0.3) is 11.8 Å². The Hall–Kier alpha value is -8.69. The molecule has 0 aliphatic heterocycles. The van der Waals surface area contributed by atoms with Gasteiger partial charge < -0.3 is 49.8 Å². The zero-order valence-electron chi connectivity index (χ0n) is 43.4. The first-order chi connectivity index (χ1) is 38.1. The molecule has 8 rings (SSSR count). The number of fused-ring (bicyclic) bond motifs is 2. The van der Waals surface area contributed by atoms with E-state index in [0.717, 1.165) is 36.4 Å². The van der Waals surface area contributed by atoms with Crippen LogP contribution in [0.4, 0.5) is 43.9 Å². The zero-order valence-corrected chi connectivity index (χ0v) is 43.4. The van der Waals surface area contributed by atoms with E-state index in [0.29, 0.717) is 12.1 Å². The summed E-state index contributed by atoms with van der Waals surface area (Å²) in [7, 11) is 2.55. The summed E-state index contributed by atoms with van der Waals surface area (Å²) in [6.45, 7) is 5.15. The topological polar surface area (TPSA) is 239 Å². The van der Waals surface area contributed by atoms with Crippen LogP contribution in [0.5, 0.6) is 11.5 Å². The van der Waals surface area contributed by atoms with E-state index < -0.39 is 89.0 Å². The SMILES string of the molecule is COc1ccc(-c2nc(C(=O)NCc3ccc(F)cc3F)c([C@@H](N)CO)o2)c2ccc(C(F)(F)F)nc12.COc1ccc(-c2nc(C(=O)NCc3ccc(F)cc3F)c([C@H](COC(C)(C)C)NC(C)=O)o2)c2ccc(C(F)(F)F)nc12. The summed E-state index contributed by atoms with van der Waals surface area (Å²) < 4.78 is 163. The number of aromatic nitrogens is 4. The first kappa shape index (κ1) is 60.0. The summed E-state index contributed by atoms with van der Waals surface area (Å²) >= 11 is 0. The minimum Gasteiger partial charge on any atom is -0.494 e. The van der Waals surface area contributed by atoms with Gasteiger partial charge in [-0.3, -0.25) is 14.4 Å². The Morgan fingerprint density at radius 1 is 0.630 bits per heavy atom. The average Bonchev–Trinajstić information content (AvgIpc) is 4.12. The second kappa shape index (κ2) is 24.4. The largest absolute Gasteiger partial charge is 0.494 e. The normalized spacial score (nSPS) is 12.6. The number of halogens is 10. The lowest BCUT2D eigenvalue weighted by Crippen LogP contribution is -2.34. The number of ether oxygens (including phenoxy) is 3. The quantitative estimate of drug-likeness (QED) is 0.0566. The van der Waals surface area contributed by atoms with Gasteiger partial charge in [-0.15, -0.1) is 0 Å². The molecule has 0 saturated heterocycles. The van der Waals surface area contributed by atoms with Gasteiger partial charge in [0.2, 0.25) is 17.7 Å². The maximum Gasteiger partial charge on any atom is 0.433 e. The van der Waals surface area contributed by atoms with Gasteiger partial charge in [0.1, 0.15) is 63.2 Å². The molecule has 2 atom stereocenters. The van der Waals surface area contributed by atoms with E-state index in [9.17, 15) is 63.4 Å². The molecule has 0 fully saturated rings. The fraction of sp³-hybridized carbons (Fsp3) is 0.278. The smallest absolute Gasteiger partial charge is 0.433 e. The number of benzene rings is 4. The van der Waals surface area contributed by atoms with E-state index in [1.807, 2.05) is 0 Å². The first-order valence-corrected chi connectivity index (χ1v) is 23.9. The summed E-state index contributed by atoms with van der Waals surface area (Å²) in [5.74, 6) is -6.07. The lowest BCUT2D eigenvalue weighted by Gasteiger charge is -2.24. The second-order valence-corrected chi connectivity index (χ2v) is 18.6. The molecule has 0 aliphatic rings. The molecule has 81 heavy (non-hydrogen) atoms. The Morgan fingerprint density at radius 3 is 1.44 bits per heavy atom. The molecule has 6 N–H and O–H groups in total. The highest BCUT2D eigenvalue weighted by molar-refractivity contribution is 5.99. The van der Waals surface area contributed by atoms with Crippen molar-refractivity contribution < 1.29 is 86.4 Å². The van der Waals surface area contributed by atoms with Gasteiger partial charge in [0.15, 0.2) is 22.9 Å². The zero-order chi connectivity index (χ0) is 59.3. The molecule has 0 radical (unpaired) electrons. The fourth-order valence-electron chi connectivity index (χ4n) is 7.80. The Kier molecular flexibility index (Phi) is 18.0. The second-order valence-electron chi connectivity index (χ2n) is 18.6. The predicted octanol–water partition coefficient (Wildman–Crippen LogP) is 10.2. The molecule has 27 heteroatoms. The molecular formula is C54H48F10N8O9. The van der Waals surface area contributed by atoms with Crippen molar-refractivity contribution in [2.45, 2.75) is 70.8 Å². The van der Waals surface area contributed by atoms with E-state index in [1.165, 1.54) is 57.5 Å². The number of hydrogen-bond donors (Lipinski definition) is 5. The number of oxazole rings is 2. The van der Waals surface area contributed by atoms with Crippen LogP contribution in [0.1, 0.15) is 94.8 Å². The van der Waals surface area contributed by atoms with Crippen LogP contribution in [0, 0.1) is 23.3 Å². The molecule has 0 spiro atoms. The van der Waals surface area contributed by atoms with E-state index in [2.05, 4.69) is 35.9 Å². The molecule has 0 saturated carbocycles. The summed E-state index contributed by atoms with van der Waals surface area (Å²) in [5, 5.41) is 17.5. The number of nitrogens with two attached hydrogens (primary N) is 1. The standard InChI is InChI=1S/C30H29F5N4O5.C24H19F5N4O4/c1-15(40)37-21(14-43-29(2,3)4)26-25(27(41)36-13-16-6-7-17(31)12-20(16)32)39-28(44-26)19-8-10-22(42-5)24-18(19)9-11-23(38-24)30(33,34)35;1-36-17-6-4-14(13-5-7-18(24(27,28)29)32-19(13)17)23-33-20(21(37-23)16(30)10-34)22(35)31-9-11-2-3-12(25)8-15(11)26/h6-12,21H,13-14H2,1-5H3,(H,36,41)(H,37,40);2-8,16,34H,9-10,30H2,1H3,(H,31,35)/t21-;16-/m00/s1. The maximum atomic E-state index is 14.2. The summed E-state index contributed by atoms with van der Waals surface area (Å²) in [6.07, 6.45) is -9.42. The number of hydrogen-bond acceptors (Lipinski definition) is 14. The van der Waals surface area contributed by atoms with Crippen molar-refractivity contribution in [2.24, 2.45) is 5.73 Å². The van der Waals surface area contributed by atoms with Gasteiger partial charge in [0, 0.05) is 65.2 Å². The number of carbonyl (C=O) groups is 3. The third kappa shape index (κ3) is 14.2. The molecule has 4 aromatic heterocycles. The number of aliphatic hydroxyl groups excluding tert-OH is 1. The number of nitrogens with zero attached hydrogens (tertiary/aromatic N) is 4. The highest BCUT2D eigenvalue weighted by Crippen LogP contribution is 2.40. The predicted molar refractivity (Wildman–Crippen MR) is 269 cm³/mol. The molecule has 0 aliphatic carbocycles. The minimum absolute atomic E-state index is 0.000772. The van der Waals surface area contributed by atoms with Gasteiger partial charge in [0.05, 0.1) is 39.1 Å². The third-order valence-electron chi connectivity index (χ3n) is 11.7. The van der Waals surface area contributed by atoms with Gasteiger partial charge >= 0.3 is 12.4 Å². The van der Waals surface area contributed by atoms with Crippen LogP contribution in [-0.2, 0) is 35.0 Å². The lowest BCUT2D eigenvalue weighted by atomic mass is 10.1. The van der Waals surface area contributed by atoms with Crippen LogP contribution in [0.3, 0.4) is 0 Å². The Morgan fingerprint density at radius 2 is 1.06 bits per heavy atom. The first-order valence-electron chi connectivity index (χ1n) is 23.9. The van der Waals surface area contributed by atoms with Crippen LogP contribution in [0.2, 0.25) is 0 Å². The molecule has 3 amide bonds. The van der Waals surface area contributed by atoms with Gasteiger partial charge in [-0.05, 0) is 81.4 Å². The monoisotopic (exact) mass is 1140 g/mol. The Labute approximate surface area is 452 Å². The molecule has 4 aromatic carbocycles. The van der Waals surface area contributed by atoms with Gasteiger partial charge in [-0.2, -0.15) is 26.3 Å². The molecule has 0 unspecified atom stereocenters. The number of rotatable bonds is 16. The number of methoxy groups -OCH3 is 2. The van der Waals surface area contributed by atoms with E-state index in [-0.39, 0.29) is 110 Å².